The lowest BCUT2D eigenvalue weighted by molar-refractivity contribution is 0.0953. The fourth-order valence-electron chi connectivity index (χ4n) is 1.05. The highest BCUT2D eigenvalue weighted by molar-refractivity contribution is 5.94. The Kier molecular flexibility index (Phi) is 7.33. The van der Waals surface area contributed by atoms with Crippen LogP contribution in [0.2, 0.25) is 0 Å². The van der Waals surface area contributed by atoms with Crippen LogP contribution < -0.4 is 5.32 Å². The van der Waals surface area contributed by atoms with E-state index in [9.17, 15) is 4.79 Å². The van der Waals surface area contributed by atoms with Gasteiger partial charge in [-0.25, -0.2) is 0 Å². The van der Waals surface area contributed by atoms with E-state index in [1.807, 2.05) is 52.0 Å². The maximum Gasteiger partial charge on any atom is 0.251 e. The molecular weight excluding hydrogens is 186 g/mol. The molecular formula is C13H21NO. The van der Waals surface area contributed by atoms with Gasteiger partial charge < -0.3 is 5.32 Å². The number of benzene rings is 1. The predicted molar refractivity (Wildman–Crippen MR) is 65.2 cm³/mol. The summed E-state index contributed by atoms with van der Waals surface area (Å²) in [5.41, 5.74) is 1.91. The van der Waals surface area contributed by atoms with Crippen LogP contribution in [0, 0.1) is 6.92 Å². The minimum absolute atomic E-state index is 0.0156. The molecule has 15 heavy (non-hydrogen) atoms. The van der Waals surface area contributed by atoms with Crippen LogP contribution in [0.3, 0.4) is 0 Å². The first-order chi connectivity index (χ1) is 7.24. The summed E-state index contributed by atoms with van der Waals surface area (Å²) in [6.07, 6.45) is 0.970. The van der Waals surface area contributed by atoms with Gasteiger partial charge in [-0.05, 0) is 25.5 Å². The average molecular weight is 207 g/mol. The molecule has 2 heteroatoms. The van der Waals surface area contributed by atoms with Gasteiger partial charge in [-0.15, -0.1) is 0 Å². The lowest BCUT2D eigenvalue weighted by Crippen LogP contribution is -2.23. The minimum atomic E-state index is 0.0156. The van der Waals surface area contributed by atoms with E-state index in [-0.39, 0.29) is 5.91 Å². The molecule has 0 fully saturated rings. The molecule has 0 saturated carbocycles. The van der Waals surface area contributed by atoms with Crippen LogP contribution in [0.4, 0.5) is 0 Å². The van der Waals surface area contributed by atoms with Crippen molar-refractivity contribution in [2.45, 2.75) is 34.1 Å². The van der Waals surface area contributed by atoms with Crippen molar-refractivity contribution in [2.75, 3.05) is 6.54 Å². The van der Waals surface area contributed by atoms with Crippen LogP contribution in [0.15, 0.2) is 24.3 Å². The van der Waals surface area contributed by atoms with Crippen molar-refractivity contribution in [1.82, 2.24) is 5.32 Å². The van der Waals surface area contributed by atoms with E-state index < -0.39 is 0 Å². The van der Waals surface area contributed by atoms with Gasteiger partial charge in [-0.1, -0.05) is 38.5 Å². The Morgan fingerprint density at radius 3 is 2.20 bits per heavy atom. The summed E-state index contributed by atoms with van der Waals surface area (Å²) in [4.78, 5) is 11.4. The number of nitrogens with one attached hydrogen (secondary N) is 1. The van der Waals surface area contributed by atoms with Crippen LogP contribution in [0.25, 0.3) is 0 Å². The van der Waals surface area contributed by atoms with Gasteiger partial charge in [0.25, 0.3) is 5.91 Å². The summed E-state index contributed by atoms with van der Waals surface area (Å²) in [6.45, 7) is 8.79. The predicted octanol–water partition coefficient (Wildman–Crippen LogP) is 3.16. The monoisotopic (exact) mass is 207 g/mol. The maximum absolute atomic E-state index is 11.4. The van der Waals surface area contributed by atoms with E-state index in [1.54, 1.807) is 0 Å². The van der Waals surface area contributed by atoms with E-state index in [4.69, 9.17) is 0 Å². The average Bonchev–Trinajstić information content (AvgIpc) is 2.29. The number of rotatable bonds is 3. The molecule has 0 saturated heterocycles. The molecule has 1 rings (SSSR count). The lowest BCUT2D eigenvalue weighted by atomic mass is 10.1. The zero-order valence-corrected chi connectivity index (χ0v) is 10.1. The first-order valence-electron chi connectivity index (χ1n) is 5.59. The maximum atomic E-state index is 11.4. The fraction of sp³-hybridized carbons (Fsp3) is 0.462. The molecule has 1 N–H and O–H groups in total. The molecule has 2 nitrogen and oxygen atoms in total. The highest BCUT2D eigenvalue weighted by atomic mass is 16.1. The third kappa shape index (κ3) is 5.21. The minimum Gasteiger partial charge on any atom is -0.352 e. The third-order valence-electron chi connectivity index (χ3n) is 1.85. The molecule has 0 aromatic heterocycles. The molecule has 0 unspecified atom stereocenters. The normalized spacial score (nSPS) is 8.80. The summed E-state index contributed by atoms with van der Waals surface area (Å²) in [5.74, 6) is 0.0156. The van der Waals surface area contributed by atoms with Gasteiger partial charge in [-0.2, -0.15) is 0 Å². The van der Waals surface area contributed by atoms with E-state index in [0.717, 1.165) is 18.5 Å². The molecule has 0 spiro atoms. The highest BCUT2D eigenvalue weighted by Crippen LogP contribution is 2.02. The second-order valence-electron chi connectivity index (χ2n) is 3.12. The van der Waals surface area contributed by atoms with Crippen molar-refractivity contribution in [3.63, 3.8) is 0 Å². The highest BCUT2D eigenvalue weighted by Gasteiger charge is 2.02. The lowest BCUT2D eigenvalue weighted by Gasteiger charge is -2.02. The zero-order valence-electron chi connectivity index (χ0n) is 10.1. The fourth-order valence-corrected chi connectivity index (χ4v) is 1.05. The zero-order chi connectivity index (χ0) is 11.7. The summed E-state index contributed by atoms with van der Waals surface area (Å²) in [6, 6.07) is 7.59. The van der Waals surface area contributed by atoms with Crippen LogP contribution in [0.5, 0.6) is 0 Å². The Hall–Kier alpha value is -1.31. The molecule has 1 aromatic carbocycles. The molecule has 1 amide bonds. The largest absolute Gasteiger partial charge is 0.352 e. The number of aryl methyl sites for hydroxylation is 1. The van der Waals surface area contributed by atoms with Gasteiger partial charge in [0, 0.05) is 12.1 Å². The van der Waals surface area contributed by atoms with Crippen molar-refractivity contribution in [2.24, 2.45) is 0 Å². The SMILES string of the molecule is CC.CCCNC(=O)c1ccc(C)cc1. The van der Waals surface area contributed by atoms with Crippen LogP contribution >= 0.6 is 0 Å². The first kappa shape index (κ1) is 13.7. The van der Waals surface area contributed by atoms with Crippen LogP contribution in [0.1, 0.15) is 43.1 Å². The standard InChI is InChI=1S/C11H15NO.C2H6/c1-3-8-12-11(13)10-6-4-9(2)5-7-10;1-2/h4-7H,3,8H2,1-2H3,(H,12,13);1-2H3. The number of hydrogen-bond donors (Lipinski definition) is 1. The van der Waals surface area contributed by atoms with Gasteiger partial charge in [0.15, 0.2) is 0 Å². The molecule has 0 aliphatic rings. The van der Waals surface area contributed by atoms with E-state index in [2.05, 4.69) is 5.32 Å². The van der Waals surface area contributed by atoms with Crippen LogP contribution in [-0.4, -0.2) is 12.5 Å². The Balaban J connectivity index is 0.000000921. The number of carbonyl (C=O) groups is 1. The summed E-state index contributed by atoms with van der Waals surface area (Å²) in [5, 5.41) is 2.83. The number of carbonyl (C=O) groups excluding carboxylic acids is 1. The smallest absolute Gasteiger partial charge is 0.251 e. The van der Waals surface area contributed by atoms with Crippen molar-refractivity contribution in [1.29, 1.82) is 0 Å². The summed E-state index contributed by atoms with van der Waals surface area (Å²) in [7, 11) is 0. The molecule has 84 valence electrons. The van der Waals surface area contributed by atoms with Gasteiger partial charge in [0.05, 0.1) is 0 Å². The van der Waals surface area contributed by atoms with Crippen LogP contribution in [-0.2, 0) is 0 Å². The molecule has 0 bridgehead atoms. The quantitative estimate of drug-likeness (QED) is 0.810. The Labute approximate surface area is 92.7 Å². The van der Waals surface area contributed by atoms with E-state index in [0.29, 0.717) is 0 Å². The van der Waals surface area contributed by atoms with Gasteiger partial charge in [0.2, 0.25) is 0 Å². The summed E-state index contributed by atoms with van der Waals surface area (Å²) < 4.78 is 0. The number of hydrogen-bond acceptors (Lipinski definition) is 1. The van der Waals surface area contributed by atoms with E-state index in [1.165, 1.54) is 5.56 Å². The molecule has 0 heterocycles. The topological polar surface area (TPSA) is 29.1 Å². The second kappa shape index (κ2) is 8.04. The third-order valence-corrected chi connectivity index (χ3v) is 1.85. The molecule has 1 aromatic rings. The molecule has 0 atom stereocenters. The summed E-state index contributed by atoms with van der Waals surface area (Å²) >= 11 is 0. The van der Waals surface area contributed by atoms with Gasteiger partial charge in [0.1, 0.15) is 0 Å². The van der Waals surface area contributed by atoms with Gasteiger partial charge >= 0.3 is 0 Å². The van der Waals surface area contributed by atoms with Crippen molar-refractivity contribution in [3.05, 3.63) is 35.4 Å². The number of amides is 1. The second-order valence-corrected chi connectivity index (χ2v) is 3.12. The first-order valence-corrected chi connectivity index (χ1v) is 5.59. The van der Waals surface area contributed by atoms with Crippen molar-refractivity contribution in [3.8, 4) is 0 Å². The molecule has 0 radical (unpaired) electrons. The van der Waals surface area contributed by atoms with E-state index >= 15 is 0 Å². The Bertz CT molecular complexity index is 277. The molecule has 0 aliphatic heterocycles. The molecule has 0 aliphatic carbocycles. The van der Waals surface area contributed by atoms with Crippen molar-refractivity contribution >= 4 is 5.91 Å². The van der Waals surface area contributed by atoms with Gasteiger partial charge in [-0.3, -0.25) is 4.79 Å². The Morgan fingerprint density at radius 1 is 1.20 bits per heavy atom. The van der Waals surface area contributed by atoms with Crippen molar-refractivity contribution < 1.29 is 4.79 Å². The Morgan fingerprint density at radius 2 is 1.73 bits per heavy atom.